The maximum atomic E-state index is 12.8. The molecule has 0 radical (unpaired) electrons. The molecule has 0 unspecified atom stereocenters. The Balaban J connectivity index is 1.90. The second-order valence-electron chi connectivity index (χ2n) is 8.80. The molecule has 3 rings (SSSR count). The molecule has 148 valence electrons. The predicted molar refractivity (Wildman–Crippen MR) is 106 cm³/mol. The number of esters is 1. The summed E-state index contributed by atoms with van der Waals surface area (Å²) in [5.41, 5.74) is 0.382. The van der Waals surface area contributed by atoms with Crippen LogP contribution in [0.2, 0.25) is 0 Å². The van der Waals surface area contributed by atoms with Crippen LogP contribution in [0.15, 0.2) is 35.9 Å². The zero-order valence-electron chi connectivity index (χ0n) is 17.1. The molecule has 27 heavy (non-hydrogen) atoms. The summed E-state index contributed by atoms with van der Waals surface area (Å²) in [6.07, 6.45) is 5.02. The zero-order chi connectivity index (χ0) is 19.8. The average molecular weight is 373 g/mol. The van der Waals surface area contributed by atoms with E-state index < -0.39 is 17.1 Å². The van der Waals surface area contributed by atoms with Crippen molar-refractivity contribution in [2.45, 2.75) is 65.1 Å². The summed E-state index contributed by atoms with van der Waals surface area (Å²) < 4.78 is 11.2. The number of hydrogen-bond acceptors (Lipinski definition) is 4. The lowest BCUT2D eigenvalue weighted by molar-refractivity contribution is -0.134. The molecule has 4 atom stereocenters. The highest BCUT2D eigenvalue weighted by Crippen LogP contribution is 2.58. The SMILES string of the molecule is COc1ccc(C(=O)O[C@@H]2C=C(C)CC[C@]3(O)[C@@H](C(C)C)CC[C@]23C)cc1. The number of carbonyl (C=O) groups excluding carboxylic acids is 1. The van der Waals surface area contributed by atoms with Crippen LogP contribution in [0.3, 0.4) is 0 Å². The maximum Gasteiger partial charge on any atom is 0.338 e. The molecule has 1 aromatic carbocycles. The van der Waals surface area contributed by atoms with Gasteiger partial charge in [-0.1, -0.05) is 26.3 Å². The van der Waals surface area contributed by atoms with Crippen molar-refractivity contribution in [3.05, 3.63) is 41.5 Å². The van der Waals surface area contributed by atoms with Gasteiger partial charge in [0.1, 0.15) is 11.9 Å². The standard InChI is InChI=1S/C23H32O4/c1-15(2)19-11-12-22(4)20(14-16(3)10-13-23(19,22)25)27-21(24)17-6-8-18(26-5)9-7-17/h6-9,14-15,19-20,25H,10-13H2,1-5H3/t19-,20-,22-,23+/m1/s1. The minimum absolute atomic E-state index is 0.226. The van der Waals surface area contributed by atoms with Gasteiger partial charge in [0.25, 0.3) is 0 Å². The van der Waals surface area contributed by atoms with Crippen molar-refractivity contribution >= 4 is 5.97 Å². The molecule has 0 amide bonds. The van der Waals surface area contributed by atoms with Crippen molar-refractivity contribution in [3.63, 3.8) is 0 Å². The topological polar surface area (TPSA) is 55.8 Å². The summed E-state index contributed by atoms with van der Waals surface area (Å²) in [4.78, 5) is 12.8. The number of methoxy groups -OCH3 is 1. The van der Waals surface area contributed by atoms with Gasteiger partial charge in [-0.3, -0.25) is 0 Å². The number of fused-ring (bicyclic) bond motifs is 1. The van der Waals surface area contributed by atoms with Crippen LogP contribution in [0.5, 0.6) is 5.75 Å². The Morgan fingerprint density at radius 1 is 1.22 bits per heavy atom. The van der Waals surface area contributed by atoms with Gasteiger partial charge in [0.05, 0.1) is 18.3 Å². The third-order valence-electron chi connectivity index (χ3n) is 6.91. The summed E-state index contributed by atoms with van der Waals surface area (Å²) >= 11 is 0. The van der Waals surface area contributed by atoms with E-state index in [9.17, 15) is 9.90 Å². The Bertz CT molecular complexity index is 720. The Morgan fingerprint density at radius 2 is 1.89 bits per heavy atom. The molecule has 0 bridgehead atoms. The number of carbonyl (C=O) groups is 1. The minimum atomic E-state index is -0.819. The van der Waals surface area contributed by atoms with Crippen LogP contribution in [-0.2, 0) is 4.74 Å². The van der Waals surface area contributed by atoms with Gasteiger partial charge in [0, 0.05) is 5.41 Å². The Hall–Kier alpha value is -1.81. The smallest absolute Gasteiger partial charge is 0.338 e. The molecule has 2 aliphatic carbocycles. The fourth-order valence-corrected chi connectivity index (χ4v) is 5.07. The van der Waals surface area contributed by atoms with Crippen LogP contribution >= 0.6 is 0 Å². The molecule has 4 heteroatoms. The van der Waals surface area contributed by atoms with Crippen LogP contribution in [0, 0.1) is 17.3 Å². The lowest BCUT2D eigenvalue weighted by atomic mass is 9.66. The molecule has 1 fully saturated rings. The molecule has 1 saturated carbocycles. The summed E-state index contributed by atoms with van der Waals surface area (Å²) in [6.45, 7) is 8.51. The maximum absolute atomic E-state index is 12.8. The molecule has 1 N–H and O–H groups in total. The second kappa shape index (κ2) is 7.31. The van der Waals surface area contributed by atoms with E-state index in [-0.39, 0.29) is 11.9 Å². The Morgan fingerprint density at radius 3 is 2.48 bits per heavy atom. The van der Waals surface area contributed by atoms with Gasteiger partial charge >= 0.3 is 5.97 Å². The van der Waals surface area contributed by atoms with Crippen LogP contribution in [0.1, 0.15) is 63.7 Å². The van der Waals surface area contributed by atoms with Gasteiger partial charge in [-0.15, -0.1) is 0 Å². The van der Waals surface area contributed by atoms with E-state index in [1.807, 2.05) is 0 Å². The number of aliphatic hydroxyl groups is 1. The monoisotopic (exact) mass is 372 g/mol. The van der Waals surface area contributed by atoms with E-state index in [2.05, 4.69) is 33.8 Å². The van der Waals surface area contributed by atoms with Crippen molar-refractivity contribution in [2.24, 2.45) is 17.3 Å². The first kappa shape index (κ1) is 19.9. The van der Waals surface area contributed by atoms with E-state index >= 15 is 0 Å². The van der Waals surface area contributed by atoms with E-state index in [1.54, 1.807) is 31.4 Å². The number of allylic oxidation sites excluding steroid dienone is 1. The van der Waals surface area contributed by atoms with E-state index in [1.165, 1.54) is 5.57 Å². The van der Waals surface area contributed by atoms with Crippen LogP contribution < -0.4 is 4.74 Å². The van der Waals surface area contributed by atoms with Gasteiger partial charge in [-0.05, 0) is 74.8 Å². The Labute approximate surface area is 162 Å². The first-order chi connectivity index (χ1) is 12.7. The number of ether oxygens (including phenoxy) is 2. The zero-order valence-corrected chi connectivity index (χ0v) is 17.1. The van der Waals surface area contributed by atoms with Crippen molar-refractivity contribution < 1.29 is 19.4 Å². The third-order valence-corrected chi connectivity index (χ3v) is 6.91. The first-order valence-corrected chi connectivity index (χ1v) is 9.96. The predicted octanol–water partition coefficient (Wildman–Crippen LogP) is 4.76. The molecule has 0 heterocycles. The van der Waals surface area contributed by atoms with Crippen molar-refractivity contribution in [1.29, 1.82) is 0 Å². The van der Waals surface area contributed by atoms with Gasteiger partial charge in [-0.2, -0.15) is 0 Å². The van der Waals surface area contributed by atoms with Gasteiger partial charge in [0.15, 0.2) is 0 Å². The summed E-state index contributed by atoms with van der Waals surface area (Å²) in [5.74, 6) is 0.969. The van der Waals surface area contributed by atoms with E-state index in [0.717, 1.165) is 25.7 Å². The summed E-state index contributed by atoms with van der Waals surface area (Å²) in [6, 6.07) is 6.95. The second-order valence-corrected chi connectivity index (χ2v) is 8.80. The molecule has 2 aliphatic rings. The lowest BCUT2D eigenvalue weighted by Crippen LogP contribution is -2.53. The average Bonchev–Trinajstić information content (AvgIpc) is 2.87. The number of benzene rings is 1. The van der Waals surface area contributed by atoms with Crippen molar-refractivity contribution in [1.82, 2.24) is 0 Å². The van der Waals surface area contributed by atoms with Crippen molar-refractivity contribution in [2.75, 3.05) is 7.11 Å². The highest BCUT2D eigenvalue weighted by atomic mass is 16.5. The first-order valence-electron chi connectivity index (χ1n) is 9.96. The van der Waals surface area contributed by atoms with E-state index in [4.69, 9.17) is 9.47 Å². The quantitative estimate of drug-likeness (QED) is 0.611. The van der Waals surface area contributed by atoms with Crippen LogP contribution in [-0.4, -0.2) is 29.9 Å². The molecule has 4 nitrogen and oxygen atoms in total. The Kier molecular flexibility index (Phi) is 5.40. The van der Waals surface area contributed by atoms with Gasteiger partial charge in [-0.25, -0.2) is 4.79 Å². The molecule has 0 saturated heterocycles. The van der Waals surface area contributed by atoms with E-state index in [0.29, 0.717) is 17.2 Å². The summed E-state index contributed by atoms with van der Waals surface area (Å²) in [5, 5.41) is 11.8. The number of hydrogen-bond donors (Lipinski definition) is 1. The molecule has 0 spiro atoms. The third kappa shape index (κ3) is 3.40. The molecular formula is C23H32O4. The summed E-state index contributed by atoms with van der Waals surface area (Å²) in [7, 11) is 1.60. The normalized spacial score (nSPS) is 33.2. The van der Waals surface area contributed by atoms with Crippen molar-refractivity contribution in [3.8, 4) is 5.75 Å². The highest BCUT2D eigenvalue weighted by Gasteiger charge is 2.61. The largest absolute Gasteiger partial charge is 0.497 e. The molecule has 1 aromatic rings. The lowest BCUT2D eigenvalue weighted by Gasteiger charge is -2.46. The molecular weight excluding hydrogens is 340 g/mol. The fraction of sp³-hybridized carbons (Fsp3) is 0.609. The van der Waals surface area contributed by atoms with Gasteiger partial charge in [0.2, 0.25) is 0 Å². The fourth-order valence-electron chi connectivity index (χ4n) is 5.07. The van der Waals surface area contributed by atoms with Crippen LogP contribution in [0.25, 0.3) is 0 Å². The van der Waals surface area contributed by atoms with Gasteiger partial charge < -0.3 is 14.6 Å². The van der Waals surface area contributed by atoms with Crippen LogP contribution in [0.4, 0.5) is 0 Å². The minimum Gasteiger partial charge on any atom is -0.497 e. The highest BCUT2D eigenvalue weighted by molar-refractivity contribution is 5.89. The molecule has 0 aromatic heterocycles. The molecule has 0 aliphatic heterocycles. The number of rotatable bonds is 4.